The summed E-state index contributed by atoms with van der Waals surface area (Å²) in [5.74, 6) is 1.61. The van der Waals surface area contributed by atoms with Crippen LogP contribution in [0, 0.1) is 0 Å². The van der Waals surface area contributed by atoms with Crippen LogP contribution in [0.15, 0.2) is 35.1 Å². The molecule has 2 heterocycles. The number of nitrogens with zero attached hydrogens (tertiary/aromatic N) is 3. The van der Waals surface area contributed by atoms with Crippen LogP contribution in [0.2, 0.25) is 0 Å². The highest BCUT2D eigenvalue weighted by Gasteiger charge is 2.23. The number of halogens is 1. The van der Waals surface area contributed by atoms with Crippen LogP contribution in [0.4, 0.5) is 0 Å². The van der Waals surface area contributed by atoms with Crippen molar-refractivity contribution < 1.29 is 0 Å². The van der Waals surface area contributed by atoms with Gasteiger partial charge < -0.3 is 9.88 Å². The highest BCUT2D eigenvalue weighted by molar-refractivity contribution is 9.10. The zero-order valence-electron chi connectivity index (χ0n) is 9.31. The molecule has 4 nitrogen and oxygen atoms in total. The maximum Gasteiger partial charge on any atom is 0.138 e. The third kappa shape index (κ3) is 2.25. The molecule has 0 spiro atoms. The van der Waals surface area contributed by atoms with Crippen molar-refractivity contribution in [2.24, 2.45) is 0 Å². The first-order valence-electron chi connectivity index (χ1n) is 5.66. The highest BCUT2D eigenvalue weighted by Crippen LogP contribution is 2.18. The Morgan fingerprint density at radius 3 is 2.71 bits per heavy atom. The van der Waals surface area contributed by atoms with E-state index in [1.165, 1.54) is 5.56 Å². The average molecular weight is 293 g/mol. The van der Waals surface area contributed by atoms with Crippen LogP contribution >= 0.6 is 15.9 Å². The van der Waals surface area contributed by atoms with Gasteiger partial charge in [0.2, 0.25) is 0 Å². The van der Waals surface area contributed by atoms with Gasteiger partial charge in [-0.15, -0.1) is 10.2 Å². The molecule has 0 atom stereocenters. The van der Waals surface area contributed by atoms with Crippen LogP contribution in [-0.4, -0.2) is 27.9 Å². The Morgan fingerprint density at radius 2 is 2.06 bits per heavy atom. The topological polar surface area (TPSA) is 42.7 Å². The quantitative estimate of drug-likeness (QED) is 0.938. The minimum absolute atomic E-state index is 0.521. The molecule has 1 fully saturated rings. The Morgan fingerprint density at radius 1 is 1.29 bits per heavy atom. The van der Waals surface area contributed by atoms with Gasteiger partial charge in [-0.1, -0.05) is 28.1 Å². The first kappa shape index (κ1) is 10.9. The van der Waals surface area contributed by atoms with Crippen molar-refractivity contribution >= 4 is 15.9 Å². The first-order valence-corrected chi connectivity index (χ1v) is 6.45. The predicted molar refractivity (Wildman–Crippen MR) is 68.9 cm³/mol. The summed E-state index contributed by atoms with van der Waals surface area (Å²) in [5.41, 5.74) is 1.27. The molecular weight excluding hydrogens is 280 g/mol. The summed E-state index contributed by atoms with van der Waals surface area (Å²) in [6.07, 6.45) is 1.82. The summed E-state index contributed by atoms with van der Waals surface area (Å²) in [6, 6.07) is 8.36. The zero-order valence-corrected chi connectivity index (χ0v) is 10.9. The molecule has 0 saturated carbocycles. The van der Waals surface area contributed by atoms with E-state index in [1.807, 2.05) is 6.33 Å². The van der Waals surface area contributed by atoms with E-state index in [-0.39, 0.29) is 0 Å². The molecule has 3 rings (SSSR count). The van der Waals surface area contributed by atoms with E-state index in [0.717, 1.165) is 29.9 Å². The molecular formula is C12H13BrN4. The third-order valence-electron chi connectivity index (χ3n) is 3.06. The van der Waals surface area contributed by atoms with Gasteiger partial charge in [0, 0.05) is 23.5 Å². The molecule has 1 aliphatic rings. The van der Waals surface area contributed by atoms with E-state index in [9.17, 15) is 0 Å². The lowest BCUT2D eigenvalue weighted by atomic mass is 10.0. The van der Waals surface area contributed by atoms with E-state index in [0.29, 0.717) is 5.92 Å². The minimum atomic E-state index is 0.521. The Hall–Kier alpha value is -1.20. The maximum atomic E-state index is 4.22. The Balaban J connectivity index is 1.80. The van der Waals surface area contributed by atoms with Gasteiger partial charge in [0.15, 0.2) is 0 Å². The summed E-state index contributed by atoms with van der Waals surface area (Å²) >= 11 is 3.44. The largest absolute Gasteiger partial charge is 0.315 e. The van der Waals surface area contributed by atoms with Crippen LogP contribution in [0.5, 0.6) is 0 Å². The van der Waals surface area contributed by atoms with Crippen molar-refractivity contribution in [3.8, 4) is 0 Å². The van der Waals surface area contributed by atoms with Crippen molar-refractivity contribution in [1.29, 1.82) is 0 Å². The number of rotatable bonds is 3. The van der Waals surface area contributed by atoms with Crippen molar-refractivity contribution in [1.82, 2.24) is 20.1 Å². The summed E-state index contributed by atoms with van der Waals surface area (Å²) in [6.45, 7) is 2.87. The highest BCUT2D eigenvalue weighted by atomic mass is 79.9. The molecule has 2 aromatic rings. The zero-order chi connectivity index (χ0) is 11.7. The van der Waals surface area contributed by atoms with Crippen LogP contribution < -0.4 is 5.32 Å². The van der Waals surface area contributed by atoms with Crippen molar-refractivity contribution in [2.45, 2.75) is 12.5 Å². The Bertz CT molecular complexity index is 501. The molecule has 88 valence electrons. The molecule has 0 unspecified atom stereocenters. The monoisotopic (exact) mass is 292 g/mol. The molecule has 0 amide bonds. The smallest absolute Gasteiger partial charge is 0.138 e. The molecule has 1 saturated heterocycles. The van der Waals surface area contributed by atoms with Gasteiger partial charge in [0.05, 0.1) is 6.54 Å². The standard InChI is InChI=1S/C12H13BrN4/c13-11-3-1-9(2-4-11)7-17-8-15-16-12(17)10-5-14-6-10/h1-4,8,10,14H,5-7H2. The molecule has 0 bridgehead atoms. The fraction of sp³-hybridized carbons (Fsp3) is 0.333. The lowest BCUT2D eigenvalue weighted by molar-refractivity contribution is 0.417. The second-order valence-electron chi connectivity index (χ2n) is 4.30. The van der Waals surface area contributed by atoms with Gasteiger partial charge in [0.25, 0.3) is 0 Å². The van der Waals surface area contributed by atoms with Crippen LogP contribution in [0.3, 0.4) is 0 Å². The second-order valence-corrected chi connectivity index (χ2v) is 5.21. The first-order chi connectivity index (χ1) is 8.33. The number of nitrogens with one attached hydrogen (secondary N) is 1. The van der Waals surface area contributed by atoms with Gasteiger partial charge in [0.1, 0.15) is 12.2 Å². The lowest BCUT2D eigenvalue weighted by Crippen LogP contribution is -2.41. The molecule has 1 aliphatic heterocycles. The average Bonchev–Trinajstić information content (AvgIpc) is 2.68. The maximum absolute atomic E-state index is 4.22. The molecule has 1 aromatic heterocycles. The molecule has 0 radical (unpaired) electrons. The van der Waals surface area contributed by atoms with Gasteiger partial charge in [-0.2, -0.15) is 0 Å². The summed E-state index contributed by atoms with van der Waals surface area (Å²) in [5, 5.41) is 11.5. The second kappa shape index (κ2) is 4.58. The molecule has 5 heteroatoms. The van der Waals surface area contributed by atoms with Crippen LogP contribution in [0.25, 0.3) is 0 Å². The summed E-state index contributed by atoms with van der Waals surface area (Å²) in [4.78, 5) is 0. The van der Waals surface area contributed by atoms with E-state index in [1.54, 1.807) is 0 Å². The fourth-order valence-corrected chi connectivity index (χ4v) is 2.22. The van der Waals surface area contributed by atoms with Gasteiger partial charge in [-0.25, -0.2) is 0 Å². The number of aromatic nitrogens is 3. The van der Waals surface area contributed by atoms with Crippen molar-refractivity contribution in [2.75, 3.05) is 13.1 Å². The van der Waals surface area contributed by atoms with Crippen molar-refractivity contribution in [3.05, 3.63) is 46.5 Å². The lowest BCUT2D eigenvalue weighted by Gasteiger charge is -2.26. The van der Waals surface area contributed by atoms with E-state index in [4.69, 9.17) is 0 Å². The third-order valence-corrected chi connectivity index (χ3v) is 3.59. The molecule has 1 aromatic carbocycles. The minimum Gasteiger partial charge on any atom is -0.315 e. The van der Waals surface area contributed by atoms with Gasteiger partial charge >= 0.3 is 0 Å². The normalized spacial score (nSPS) is 15.8. The summed E-state index contributed by atoms with van der Waals surface area (Å²) in [7, 11) is 0. The Labute approximate surface area is 108 Å². The van der Waals surface area contributed by atoms with Crippen LogP contribution in [-0.2, 0) is 6.54 Å². The molecule has 1 N–H and O–H groups in total. The fourth-order valence-electron chi connectivity index (χ4n) is 1.96. The number of benzene rings is 1. The predicted octanol–water partition coefficient (Wildman–Crippen LogP) is 1.78. The summed E-state index contributed by atoms with van der Waals surface area (Å²) < 4.78 is 3.24. The Kier molecular flexibility index (Phi) is 2.94. The van der Waals surface area contributed by atoms with E-state index in [2.05, 4.69) is 60.3 Å². The van der Waals surface area contributed by atoms with E-state index < -0.39 is 0 Å². The molecule has 0 aliphatic carbocycles. The van der Waals surface area contributed by atoms with Crippen LogP contribution in [0.1, 0.15) is 17.3 Å². The van der Waals surface area contributed by atoms with Gasteiger partial charge in [-0.05, 0) is 17.7 Å². The SMILES string of the molecule is Brc1ccc(Cn2cnnc2C2CNC2)cc1. The van der Waals surface area contributed by atoms with Crippen molar-refractivity contribution in [3.63, 3.8) is 0 Å². The number of hydrogen-bond donors (Lipinski definition) is 1. The molecule has 17 heavy (non-hydrogen) atoms. The number of hydrogen-bond acceptors (Lipinski definition) is 3. The van der Waals surface area contributed by atoms with E-state index >= 15 is 0 Å². The van der Waals surface area contributed by atoms with Gasteiger partial charge in [-0.3, -0.25) is 0 Å².